The molecule has 0 fully saturated rings. The molecule has 11 heavy (non-hydrogen) atoms. The predicted molar refractivity (Wildman–Crippen MR) is 47.2 cm³/mol. The zero-order valence-electron chi connectivity index (χ0n) is 6.83. The highest BCUT2D eigenvalue weighted by molar-refractivity contribution is 5.85. The van der Waals surface area contributed by atoms with Crippen molar-refractivity contribution in [2.24, 2.45) is 4.99 Å². The maximum Gasteiger partial charge on any atom is 0.0729 e. The van der Waals surface area contributed by atoms with Gasteiger partial charge in [-0.3, -0.25) is 4.99 Å². The lowest BCUT2D eigenvalue weighted by molar-refractivity contribution is 0.836. The average Bonchev–Trinajstić information content (AvgIpc) is 2.34. The Hall–Kier alpha value is -1.11. The minimum atomic E-state index is 0.367. The lowest BCUT2D eigenvalue weighted by atomic mass is 10.00. The Balaban J connectivity index is 2.65. The monoisotopic (exact) mass is 145 g/mol. The Labute approximate surface area is 66.8 Å². The molecule has 0 bridgehead atoms. The van der Waals surface area contributed by atoms with E-state index in [1.165, 1.54) is 16.7 Å². The summed E-state index contributed by atoms with van der Waals surface area (Å²) in [7, 11) is 0. The maximum atomic E-state index is 4.34. The number of fused-ring (bicyclic) bond motifs is 1. The molecule has 0 amide bonds. The molecule has 1 atom stereocenters. The van der Waals surface area contributed by atoms with E-state index in [0.717, 1.165) is 0 Å². The summed E-state index contributed by atoms with van der Waals surface area (Å²) in [6.07, 6.45) is 1.97. The highest BCUT2D eigenvalue weighted by Gasteiger charge is 2.14. The summed E-state index contributed by atoms with van der Waals surface area (Å²) in [4.78, 5) is 4.34. The number of rotatable bonds is 0. The van der Waals surface area contributed by atoms with Crippen LogP contribution < -0.4 is 0 Å². The van der Waals surface area contributed by atoms with Crippen LogP contribution in [0.3, 0.4) is 0 Å². The lowest BCUT2D eigenvalue weighted by Crippen LogP contribution is -1.91. The SMILES string of the molecule is Cc1cccc2c1C(C)N=C2. The Bertz CT molecular complexity index is 313. The summed E-state index contributed by atoms with van der Waals surface area (Å²) < 4.78 is 0. The molecule has 1 aliphatic rings. The molecule has 0 radical (unpaired) electrons. The Morgan fingerprint density at radius 2 is 2.18 bits per heavy atom. The van der Waals surface area contributed by atoms with E-state index in [9.17, 15) is 0 Å². The number of hydrogen-bond donors (Lipinski definition) is 0. The van der Waals surface area contributed by atoms with Gasteiger partial charge in [0.15, 0.2) is 0 Å². The van der Waals surface area contributed by atoms with Crippen molar-refractivity contribution in [3.05, 3.63) is 34.9 Å². The summed E-state index contributed by atoms with van der Waals surface area (Å²) in [5.41, 5.74) is 4.04. The molecule has 1 aromatic rings. The number of benzene rings is 1. The van der Waals surface area contributed by atoms with Crippen molar-refractivity contribution in [2.45, 2.75) is 19.9 Å². The van der Waals surface area contributed by atoms with Crippen molar-refractivity contribution >= 4 is 6.21 Å². The predicted octanol–water partition coefficient (Wildman–Crippen LogP) is 2.49. The van der Waals surface area contributed by atoms with Crippen molar-refractivity contribution in [1.82, 2.24) is 0 Å². The van der Waals surface area contributed by atoms with E-state index in [0.29, 0.717) is 6.04 Å². The van der Waals surface area contributed by atoms with Crippen LogP contribution in [0.1, 0.15) is 29.7 Å². The summed E-state index contributed by atoms with van der Waals surface area (Å²) in [5.74, 6) is 0. The van der Waals surface area contributed by atoms with Crippen LogP contribution in [0, 0.1) is 6.92 Å². The summed E-state index contributed by atoms with van der Waals surface area (Å²) in [6.45, 7) is 4.28. The quantitative estimate of drug-likeness (QED) is 0.532. The average molecular weight is 145 g/mol. The standard InChI is InChI=1S/C10H11N/c1-7-4-3-5-9-6-11-8(2)10(7)9/h3-6,8H,1-2H3. The Kier molecular flexibility index (Phi) is 1.31. The van der Waals surface area contributed by atoms with Gasteiger partial charge >= 0.3 is 0 Å². The van der Waals surface area contributed by atoms with Crippen molar-refractivity contribution in [2.75, 3.05) is 0 Å². The van der Waals surface area contributed by atoms with Gasteiger partial charge in [0.1, 0.15) is 0 Å². The van der Waals surface area contributed by atoms with Crippen LogP contribution in [-0.4, -0.2) is 6.21 Å². The van der Waals surface area contributed by atoms with Gasteiger partial charge in [0, 0.05) is 6.21 Å². The molecule has 0 saturated heterocycles. The number of hydrogen-bond acceptors (Lipinski definition) is 1. The zero-order valence-corrected chi connectivity index (χ0v) is 6.83. The van der Waals surface area contributed by atoms with Crippen molar-refractivity contribution in [3.8, 4) is 0 Å². The van der Waals surface area contributed by atoms with Gasteiger partial charge in [-0.15, -0.1) is 0 Å². The van der Waals surface area contributed by atoms with Crippen LogP contribution in [0.2, 0.25) is 0 Å². The van der Waals surface area contributed by atoms with E-state index < -0.39 is 0 Å². The van der Waals surface area contributed by atoms with Gasteiger partial charge in [-0.05, 0) is 30.5 Å². The van der Waals surface area contributed by atoms with Crippen LogP contribution >= 0.6 is 0 Å². The Morgan fingerprint density at radius 3 is 2.91 bits per heavy atom. The fourth-order valence-electron chi connectivity index (χ4n) is 1.65. The smallest absolute Gasteiger partial charge is 0.0729 e. The zero-order chi connectivity index (χ0) is 7.84. The van der Waals surface area contributed by atoms with Crippen molar-refractivity contribution < 1.29 is 0 Å². The van der Waals surface area contributed by atoms with Crippen molar-refractivity contribution in [1.29, 1.82) is 0 Å². The second-order valence-corrected chi connectivity index (χ2v) is 3.03. The largest absolute Gasteiger partial charge is 0.285 e. The van der Waals surface area contributed by atoms with Gasteiger partial charge in [-0.1, -0.05) is 18.2 Å². The number of aryl methyl sites for hydroxylation is 1. The first kappa shape index (κ1) is 6.59. The second-order valence-electron chi connectivity index (χ2n) is 3.03. The van der Waals surface area contributed by atoms with Gasteiger partial charge in [-0.2, -0.15) is 0 Å². The summed E-state index contributed by atoms with van der Waals surface area (Å²) in [6, 6.07) is 6.71. The highest BCUT2D eigenvalue weighted by Crippen LogP contribution is 2.28. The van der Waals surface area contributed by atoms with E-state index in [1.54, 1.807) is 0 Å². The topological polar surface area (TPSA) is 12.4 Å². The minimum Gasteiger partial charge on any atom is -0.285 e. The Morgan fingerprint density at radius 1 is 1.36 bits per heavy atom. The van der Waals surface area contributed by atoms with Crippen LogP contribution in [0.25, 0.3) is 0 Å². The van der Waals surface area contributed by atoms with Crippen LogP contribution in [0.4, 0.5) is 0 Å². The first-order chi connectivity index (χ1) is 5.29. The second kappa shape index (κ2) is 2.19. The molecule has 0 aromatic heterocycles. The molecule has 0 N–H and O–H groups in total. The van der Waals surface area contributed by atoms with Crippen molar-refractivity contribution in [3.63, 3.8) is 0 Å². The fourth-order valence-corrected chi connectivity index (χ4v) is 1.65. The van der Waals surface area contributed by atoms with Gasteiger partial charge in [0.25, 0.3) is 0 Å². The number of nitrogens with zero attached hydrogens (tertiary/aromatic N) is 1. The fraction of sp³-hybridized carbons (Fsp3) is 0.300. The number of aliphatic imine (C=N–C) groups is 1. The van der Waals surface area contributed by atoms with Gasteiger partial charge < -0.3 is 0 Å². The van der Waals surface area contributed by atoms with E-state index in [4.69, 9.17) is 0 Å². The lowest BCUT2D eigenvalue weighted by Gasteiger charge is -2.05. The van der Waals surface area contributed by atoms with E-state index in [-0.39, 0.29) is 0 Å². The molecule has 1 aromatic carbocycles. The summed E-state index contributed by atoms with van der Waals surface area (Å²) >= 11 is 0. The molecule has 56 valence electrons. The first-order valence-corrected chi connectivity index (χ1v) is 3.92. The van der Waals surface area contributed by atoms with Crippen LogP contribution in [0.5, 0.6) is 0 Å². The first-order valence-electron chi connectivity index (χ1n) is 3.92. The van der Waals surface area contributed by atoms with Gasteiger partial charge in [0.2, 0.25) is 0 Å². The molecule has 0 saturated carbocycles. The molecular weight excluding hydrogens is 134 g/mol. The molecule has 1 heteroatoms. The van der Waals surface area contributed by atoms with E-state index in [1.807, 2.05) is 6.21 Å². The molecule has 1 unspecified atom stereocenters. The van der Waals surface area contributed by atoms with E-state index >= 15 is 0 Å². The van der Waals surface area contributed by atoms with Gasteiger partial charge in [0.05, 0.1) is 6.04 Å². The molecule has 1 heterocycles. The molecular formula is C10H11N. The molecule has 0 aliphatic carbocycles. The van der Waals surface area contributed by atoms with Crippen LogP contribution in [0.15, 0.2) is 23.2 Å². The molecule has 2 rings (SSSR count). The van der Waals surface area contributed by atoms with Gasteiger partial charge in [-0.25, -0.2) is 0 Å². The molecule has 1 nitrogen and oxygen atoms in total. The third-order valence-electron chi connectivity index (χ3n) is 2.21. The summed E-state index contributed by atoms with van der Waals surface area (Å²) in [5, 5.41) is 0. The highest BCUT2D eigenvalue weighted by atomic mass is 14.8. The normalized spacial score (nSPS) is 20.4. The third kappa shape index (κ3) is 0.881. The van der Waals surface area contributed by atoms with E-state index in [2.05, 4.69) is 37.0 Å². The molecule has 0 spiro atoms. The maximum absolute atomic E-state index is 4.34. The molecule has 1 aliphatic heterocycles. The van der Waals surface area contributed by atoms with Crippen LogP contribution in [-0.2, 0) is 0 Å². The minimum absolute atomic E-state index is 0.367. The third-order valence-corrected chi connectivity index (χ3v) is 2.21.